The number of ether oxygens (including phenoxy) is 1. The Balaban J connectivity index is 1.77. The molecule has 0 saturated carbocycles. The van der Waals surface area contributed by atoms with E-state index >= 15 is 0 Å². The van der Waals surface area contributed by atoms with Gasteiger partial charge in [-0.05, 0) is 24.5 Å². The Hall–Kier alpha value is -1.83. The van der Waals surface area contributed by atoms with Crippen molar-refractivity contribution in [3.05, 3.63) is 23.8 Å². The van der Waals surface area contributed by atoms with Crippen LogP contribution in [0.3, 0.4) is 0 Å². The minimum absolute atomic E-state index is 0.0555. The largest absolute Gasteiger partial charge is 0.488 e. The van der Waals surface area contributed by atoms with Gasteiger partial charge in [0.15, 0.2) is 0 Å². The molecule has 1 fully saturated rings. The van der Waals surface area contributed by atoms with Crippen LogP contribution in [0, 0.1) is 0 Å². The number of carbonyl (C=O) groups excluding carboxylic acids is 1. The molecule has 2 aliphatic rings. The van der Waals surface area contributed by atoms with E-state index in [2.05, 4.69) is 4.18 Å². The van der Waals surface area contributed by atoms with Crippen molar-refractivity contribution in [2.75, 3.05) is 13.1 Å². The van der Waals surface area contributed by atoms with Crippen molar-refractivity contribution >= 4 is 16.4 Å². The second kappa shape index (κ2) is 5.67. The second-order valence-electron chi connectivity index (χ2n) is 6.04. The van der Waals surface area contributed by atoms with Crippen LogP contribution in [0.1, 0.15) is 31.7 Å². The van der Waals surface area contributed by atoms with E-state index in [1.807, 2.05) is 0 Å². The topological polar surface area (TPSA) is 72.9 Å². The number of hydrogen-bond donors (Lipinski definition) is 0. The van der Waals surface area contributed by atoms with Crippen LogP contribution in [0.25, 0.3) is 0 Å². The maximum Gasteiger partial charge on any atom is 0.488 e. The van der Waals surface area contributed by atoms with Gasteiger partial charge in [0.1, 0.15) is 17.1 Å². The number of amides is 1. The first-order valence-corrected chi connectivity index (χ1v) is 8.79. The average Bonchev–Trinajstić information content (AvgIpc) is 2.45. The predicted octanol–water partition coefficient (Wildman–Crippen LogP) is 1.99. The quantitative estimate of drug-likeness (QED) is 0.768. The van der Waals surface area contributed by atoms with E-state index < -0.39 is 10.5 Å². The van der Waals surface area contributed by atoms with E-state index in [1.54, 1.807) is 17.9 Å². The number of nitrogens with zero attached hydrogens (tertiary/aromatic N) is 1. The molecule has 0 atom stereocenters. The van der Waals surface area contributed by atoms with Crippen molar-refractivity contribution in [1.29, 1.82) is 0 Å². The van der Waals surface area contributed by atoms with Crippen LogP contribution in [-0.2, 0) is 21.7 Å². The van der Waals surface area contributed by atoms with Crippen LogP contribution >= 0.6 is 0 Å². The number of fused-ring (bicyclic) bond motifs is 1. The lowest BCUT2D eigenvalue weighted by Crippen LogP contribution is -2.50. The van der Waals surface area contributed by atoms with Crippen LogP contribution in [-0.4, -0.2) is 37.9 Å². The summed E-state index contributed by atoms with van der Waals surface area (Å²) in [6.45, 7) is 2.83. The van der Waals surface area contributed by atoms with Gasteiger partial charge in [-0.15, -0.1) is 0 Å². The first-order valence-electron chi connectivity index (χ1n) is 7.48. The van der Waals surface area contributed by atoms with Crippen LogP contribution in [0.2, 0.25) is 0 Å². The predicted molar refractivity (Wildman–Crippen MR) is 80.3 cm³/mol. The maximum absolute atomic E-state index is 12.6. The fraction of sp³-hybridized carbons (Fsp3) is 0.533. The zero-order chi connectivity index (χ0) is 16.7. The Morgan fingerprint density at radius 1 is 1.30 bits per heavy atom. The van der Waals surface area contributed by atoms with Crippen molar-refractivity contribution in [3.8, 4) is 11.5 Å². The highest BCUT2D eigenvalue weighted by Crippen LogP contribution is 2.40. The molecule has 23 heavy (non-hydrogen) atoms. The molecule has 6 nitrogen and oxygen atoms in total. The molecule has 1 aromatic carbocycles. The summed E-state index contributed by atoms with van der Waals surface area (Å²) >= 11 is 0. The van der Waals surface area contributed by atoms with Crippen LogP contribution in [0.5, 0.6) is 11.5 Å². The lowest BCUT2D eigenvalue weighted by molar-refractivity contribution is -0.132. The minimum atomic E-state index is -5.05. The molecule has 0 aliphatic carbocycles. The van der Waals surface area contributed by atoms with Crippen molar-refractivity contribution < 1.29 is 26.0 Å². The first kappa shape index (κ1) is 16.0. The monoisotopic (exact) mass is 343 g/mol. The summed E-state index contributed by atoms with van der Waals surface area (Å²) in [5, 5.41) is 0. The average molecular weight is 343 g/mol. The molecule has 0 radical (unpaired) electrons. The van der Waals surface area contributed by atoms with Gasteiger partial charge in [-0.25, -0.2) is 0 Å². The number of halogens is 1. The Morgan fingerprint density at radius 2 is 2.00 bits per heavy atom. The van der Waals surface area contributed by atoms with E-state index in [0.29, 0.717) is 18.8 Å². The molecule has 3 rings (SSSR count). The third kappa shape index (κ3) is 3.57. The van der Waals surface area contributed by atoms with Crippen molar-refractivity contribution in [3.63, 3.8) is 0 Å². The van der Waals surface area contributed by atoms with Crippen molar-refractivity contribution in [2.45, 2.75) is 38.2 Å². The van der Waals surface area contributed by atoms with Gasteiger partial charge < -0.3 is 13.8 Å². The smallest absolute Gasteiger partial charge is 0.487 e. The molecule has 1 spiro atoms. The fourth-order valence-electron chi connectivity index (χ4n) is 3.23. The van der Waals surface area contributed by atoms with Crippen LogP contribution in [0.15, 0.2) is 18.2 Å². The molecule has 8 heteroatoms. The normalized spacial score (nSPS) is 19.8. The molecule has 0 unspecified atom stereocenters. The summed E-state index contributed by atoms with van der Waals surface area (Å²) in [7, 11) is -5.05. The minimum Gasteiger partial charge on any atom is -0.487 e. The van der Waals surface area contributed by atoms with Gasteiger partial charge in [0, 0.05) is 38.9 Å². The molecule has 0 N–H and O–H groups in total. The number of likely N-dealkylation sites (tertiary alicyclic amines) is 1. The standard InChI is InChI=1S/C15H18FNO5S/c1-11(18)17-8-6-15(7-9-17)5-4-12-2-3-13(10-14(12)21-15)22-23(16,19)20/h2-3,10H,4-9H2,1H3. The zero-order valence-electron chi connectivity index (χ0n) is 12.7. The van der Waals surface area contributed by atoms with Gasteiger partial charge >= 0.3 is 10.5 Å². The molecule has 1 aromatic rings. The molecule has 1 amide bonds. The lowest BCUT2D eigenvalue weighted by Gasteiger charge is -2.44. The molecule has 0 aromatic heterocycles. The summed E-state index contributed by atoms with van der Waals surface area (Å²) in [4.78, 5) is 13.2. The first-order chi connectivity index (χ1) is 10.8. The molecule has 0 bridgehead atoms. The van der Waals surface area contributed by atoms with Gasteiger partial charge in [0.25, 0.3) is 0 Å². The van der Waals surface area contributed by atoms with E-state index in [4.69, 9.17) is 4.74 Å². The Bertz CT molecular complexity index is 725. The third-order valence-electron chi connectivity index (χ3n) is 4.53. The molecule has 1 saturated heterocycles. The Kier molecular flexibility index (Phi) is 3.95. The molecular weight excluding hydrogens is 325 g/mol. The van der Waals surface area contributed by atoms with E-state index in [0.717, 1.165) is 31.2 Å². The van der Waals surface area contributed by atoms with E-state index in [9.17, 15) is 17.1 Å². The molecule has 2 aliphatic heterocycles. The molecular formula is C15H18FNO5S. The molecule has 126 valence electrons. The summed E-state index contributed by atoms with van der Waals surface area (Å²) in [5.74, 6) is 0.470. The Morgan fingerprint density at radius 3 is 2.61 bits per heavy atom. The number of rotatable bonds is 2. The van der Waals surface area contributed by atoms with Crippen molar-refractivity contribution in [1.82, 2.24) is 4.90 Å². The SMILES string of the molecule is CC(=O)N1CCC2(CCc3ccc(OS(=O)(=O)F)cc3O2)CC1. The number of hydrogen-bond acceptors (Lipinski definition) is 5. The number of aryl methyl sites for hydroxylation is 1. The van der Waals surface area contributed by atoms with Gasteiger partial charge in [-0.1, -0.05) is 9.95 Å². The summed E-state index contributed by atoms with van der Waals surface area (Å²) in [6, 6.07) is 4.51. The highest BCUT2D eigenvalue weighted by molar-refractivity contribution is 7.81. The van der Waals surface area contributed by atoms with Crippen molar-refractivity contribution in [2.24, 2.45) is 0 Å². The summed E-state index contributed by atoms with van der Waals surface area (Å²) in [6.07, 6.45) is 3.07. The number of carbonyl (C=O) groups is 1. The Labute approximate surface area is 134 Å². The third-order valence-corrected chi connectivity index (χ3v) is 4.92. The zero-order valence-corrected chi connectivity index (χ0v) is 13.6. The highest BCUT2D eigenvalue weighted by atomic mass is 32.3. The fourth-order valence-corrected chi connectivity index (χ4v) is 3.56. The van der Waals surface area contributed by atoms with Gasteiger partial charge in [-0.2, -0.15) is 8.42 Å². The van der Waals surface area contributed by atoms with Crippen LogP contribution < -0.4 is 8.92 Å². The maximum atomic E-state index is 12.6. The number of piperidine rings is 1. The second-order valence-corrected chi connectivity index (χ2v) is 6.99. The van der Waals surface area contributed by atoms with E-state index in [1.165, 1.54) is 12.1 Å². The van der Waals surface area contributed by atoms with Gasteiger partial charge in [-0.3, -0.25) is 4.79 Å². The van der Waals surface area contributed by atoms with Crippen LogP contribution in [0.4, 0.5) is 3.89 Å². The highest BCUT2D eigenvalue weighted by Gasteiger charge is 2.40. The molecule has 2 heterocycles. The van der Waals surface area contributed by atoms with E-state index in [-0.39, 0.29) is 17.3 Å². The summed E-state index contributed by atoms with van der Waals surface area (Å²) < 4.78 is 44.2. The summed E-state index contributed by atoms with van der Waals surface area (Å²) in [5.41, 5.74) is 0.583. The van der Waals surface area contributed by atoms with Gasteiger partial charge in [0.05, 0.1) is 0 Å². The lowest BCUT2D eigenvalue weighted by atomic mass is 9.83. The number of benzene rings is 1. The van der Waals surface area contributed by atoms with Gasteiger partial charge in [0.2, 0.25) is 5.91 Å².